The summed E-state index contributed by atoms with van der Waals surface area (Å²) in [5.41, 5.74) is 1.77. The van der Waals surface area contributed by atoms with Crippen LogP contribution in [0.3, 0.4) is 0 Å². The molecule has 2 heterocycles. The van der Waals surface area contributed by atoms with Gasteiger partial charge in [0.2, 0.25) is 0 Å². The number of nitrogens with zero attached hydrogens (tertiary/aromatic N) is 1. The number of carbonyl (C=O) groups is 2. The number of ether oxygens (including phenoxy) is 4. The van der Waals surface area contributed by atoms with Crippen molar-refractivity contribution < 1.29 is 28.5 Å². The average Bonchev–Trinajstić information content (AvgIpc) is 2.75. The summed E-state index contributed by atoms with van der Waals surface area (Å²) in [6, 6.07) is 4.74. The molecule has 0 aromatic heterocycles. The highest BCUT2D eigenvalue weighted by Crippen LogP contribution is 2.34. The van der Waals surface area contributed by atoms with Gasteiger partial charge in [0.05, 0.1) is 38.0 Å². The molecule has 32 heavy (non-hydrogen) atoms. The number of hydrogen-bond acceptors (Lipinski definition) is 7. The second-order valence-electron chi connectivity index (χ2n) is 7.82. The number of allylic oxidation sites excluding steroid dienone is 1. The van der Waals surface area contributed by atoms with E-state index in [0.717, 1.165) is 5.56 Å². The summed E-state index contributed by atoms with van der Waals surface area (Å²) in [7, 11) is 2.85. The predicted molar refractivity (Wildman–Crippen MR) is 121 cm³/mol. The van der Waals surface area contributed by atoms with E-state index in [4.69, 9.17) is 31.2 Å². The number of benzene rings is 1. The lowest BCUT2D eigenvalue weighted by Gasteiger charge is -2.35. The van der Waals surface area contributed by atoms with E-state index in [1.54, 1.807) is 30.0 Å². The number of carbonyl (C=O) groups excluding carboxylic acids is 2. The van der Waals surface area contributed by atoms with Crippen molar-refractivity contribution in [2.75, 3.05) is 33.9 Å². The maximum Gasteiger partial charge on any atom is 0.337 e. The van der Waals surface area contributed by atoms with Crippen LogP contribution in [0, 0.1) is 0 Å². The number of methoxy groups -OCH3 is 2. The molecule has 9 nitrogen and oxygen atoms in total. The maximum absolute atomic E-state index is 12.6. The molecule has 3 rings (SSSR count). The van der Waals surface area contributed by atoms with E-state index < -0.39 is 12.0 Å². The Kier molecular flexibility index (Phi) is 7.57. The lowest BCUT2D eigenvalue weighted by atomic mass is 9.95. The van der Waals surface area contributed by atoms with Crippen molar-refractivity contribution in [1.29, 1.82) is 0 Å². The van der Waals surface area contributed by atoms with Crippen LogP contribution in [0.1, 0.15) is 32.4 Å². The summed E-state index contributed by atoms with van der Waals surface area (Å²) in [4.78, 5) is 26.7. The van der Waals surface area contributed by atoms with Gasteiger partial charge in [0.25, 0.3) is 5.91 Å². The fraction of sp³-hybridized carbons (Fsp3) is 0.500. The predicted octanol–water partition coefficient (Wildman–Crippen LogP) is 1.68. The fourth-order valence-electron chi connectivity index (χ4n) is 3.92. The molecule has 1 amide bonds. The number of thiocarbonyl (C=S) groups is 1. The normalized spacial score (nSPS) is 23.2. The van der Waals surface area contributed by atoms with Crippen LogP contribution in [0.5, 0.6) is 11.5 Å². The van der Waals surface area contributed by atoms with Crippen LogP contribution in [-0.4, -0.2) is 68.0 Å². The third-order valence-corrected chi connectivity index (χ3v) is 5.54. The highest BCUT2D eigenvalue weighted by atomic mass is 32.1. The van der Waals surface area contributed by atoms with Gasteiger partial charge in [0.15, 0.2) is 23.2 Å². The number of rotatable bonds is 6. The Labute approximate surface area is 193 Å². The Bertz CT molecular complexity index is 924. The molecular weight excluding hydrogens is 434 g/mol. The van der Waals surface area contributed by atoms with Gasteiger partial charge in [-0.1, -0.05) is 6.07 Å². The molecule has 2 aliphatic heterocycles. The van der Waals surface area contributed by atoms with Crippen LogP contribution < -0.4 is 20.1 Å². The summed E-state index contributed by atoms with van der Waals surface area (Å²) in [5.74, 6) is 0.284. The first-order valence-corrected chi connectivity index (χ1v) is 10.7. The van der Waals surface area contributed by atoms with Crippen molar-refractivity contribution in [3.05, 3.63) is 35.0 Å². The van der Waals surface area contributed by atoms with E-state index in [0.29, 0.717) is 41.0 Å². The molecule has 0 saturated carbocycles. The number of hydrogen-bond donors (Lipinski definition) is 2. The summed E-state index contributed by atoms with van der Waals surface area (Å²) in [6.07, 6.45) is -0.0267. The Morgan fingerprint density at radius 2 is 1.88 bits per heavy atom. The molecule has 1 saturated heterocycles. The Morgan fingerprint density at radius 1 is 1.19 bits per heavy atom. The second kappa shape index (κ2) is 10.2. The molecule has 0 spiro atoms. The molecular formula is C22H29N3O6S. The zero-order chi connectivity index (χ0) is 23.4. The van der Waals surface area contributed by atoms with E-state index in [2.05, 4.69) is 10.6 Å². The van der Waals surface area contributed by atoms with Gasteiger partial charge < -0.3 is 34.5 Å². The molecule has 1 fully saturated rings. The van der Waals surface area contributed by atoms with Crippen molar-refractivity contribution >= 4 is 29.2 Å². The zero-order valence-corrected chi connectivity index (χ0v) is 19.7. The monoisotopic (exact) mass is 463 g/mol. The molecule has 2 N–H and O–H groups in total. The van der Waals surface area contributed by atoms with Crippen molar-refractivity contribution in [3.63, 3.8) is 0 Å². The lowest BCUT2D eigenvalue weighted by molar-refractivity contribution is -0.145. The Morgan fingerprint density at radius 3 is 2.50 bits per heavy atom. The largest absolute Gasteiger partial charge is 0.493 e. The van der Waals surface area contributed by atoms with Gasteiger partial charge in [-0.25, -0.2) is 4.79 Å². The summed E-state index contributed by atoms with van der Waals surface area (Å²) >= 11 is 5.26. The third kappa shape index (κ3) is 5.31. The van der Waals surface area contributed by atoms with Gasteiger partial charge >= 0.3 is 5.97 Å². The molecule has 0 unspecified atom stereocenters. The van der Waals surface area contributed by atoms with Crippen LogP contribution in [0.25, 0.3) is 0 Å². The van der Waals surface area contributed by atoms with Crippen LogP contribution in [0.15, 0.2) is 29.5 Å². The quantitative estimate of drug-likeness (QED) is 0.482. The molecule has 1 aromatic rings. The molecule has 1 aromatic carbocycles. The first-order chi connectivity index (χ1) is 15.2. The molecule has 3 atom stereocenters. The van der Waals surface area contributed by atoms with Gasteiger partial charge in [-0.05, 0) is 50.7 Å². The minimum atomic E-state index is -0.517. The van der Waals surface area contributed by atoms with Crippen LogP contribution in [0.2, 0.25) is 0 Å². The molecule has 174 valence electrons. The molecule has 2 aliphatic rings. The zero-order valence-electron chi connectivity index (χ0n) is 18.9. The molecule has 0 bridgehead atoms. The summed E-state index contributed by atoms with van der Waals surface area (Å²) in [6.45, 7) is 6.60. The molecule has 0 radical (unpaired) electrons. The Balaban J connectivity index is 1.77. The first-order valence-electron chi connectivity index (χ1n) is 10.3. The van der Waals surface area contributed by atoms with Gasteiger partial charge in [-0.15, -0.1) is 0 Å². The Hall–Kier alpha value is -2.85. The summed E-state index contributed by atoms with van der Waals surface area (Å²) < 4.78 is 21.9. The fourth-order valence-corrected chi connectivity index (χ4v) is 4.19. The standard InChI is InChI=1S/C22H29N3O6S/c1-12-9-25(10-13(2)31-12)18(26)11-30-16-7-6-15(8-17(16)28-4)20-19(21(27)29-5)14(3)23-22(32)24-20/h6-8,12-13,20H,9-11H2,1-5H3,(H2,23,24,32)/t12-,13+,20-/m0/s1. The number of esters is 1. The van der Waals surface area contributed by atoms with Gasteiger partial charge in [-0.3, -0.25) is 4.79 Å². The van der Waals surface area contributed by atoms with Crippen LogP contribution in [0.4, 0.5) is 0 Å². The van der Waals surface area contributed by atoms with Gasteiger partial charge in [0.1, 0.15) is 0 Å². The van der Waals surface area contributed by atoms with Crippen molar-refractivity contribution in [3.8, 4) is 11.5 Å². The van der Waals surface area contributed by atoms with Crippen LogP contribution in [-0.2, 0) is 19.1 Å². The number of morpholine rings is 1. The average molecular weight is 464 g/mol. The van der Waals surface area contributed by atoms with E-state index in [-0.39, 0.29) is 24.7 Å². The van der Waals surface area contributed by atoms with Gasteiger partial charge in [-0.2, -0.15) is 0 Å². The SMILES string of the molecule is COC(=O)C1=C(C)NC(=S)N[C@H]1c1ccc(OCC(=O)N2C[C@@H](C)O[C@@H](C)C2)c(OC)c1. The summed E-state index contributed by atoms with van der Waals surface area (Å²) in [5, 5.41) is 6.44. The van der Waals surface area contributed by atoms with E-state index in [1.165, 1.54) is 14.2 Å². The van der Waals surface area contributed by atoms with Crippen LogP contribution >= 0.6 is 12.2 Å². The van der Waals surface area contributed by atoms with E-state index >= 15 is 0 Å². The minimum Gasteiger partial charge on any atom is -0.493 e. The van der Waals surface area contributed by atoms with Gasteiger partial charge in [0, 0.05) is 18.8 Å². The minimum absolute atomic E-state index is 0.0133. The van der Waals surface area contributed by atoms with E-state index in [1.807, 2.05) is 13.8 Å². The molecule has 0 aliphatic carbocycles. The number of amides is 1. The topological polar surface area (TPSA) is 98.4 Å². The lowest BCUT2D eigenvalue weighted by Crippen LogP contribution is -2.49. The highest BCUT2D eigenvalue weighted by molar-refractivity contribution is 7.80. The number of nitrogens with one attached hydrogen (secondary N) is 2. The second-order valence-corrected chi connectivity index (χ2v) is 8.22. The van der Waals surface area contributed by atoms with Crippen molar-refractivity contribution in [2.45, 2.75) is 39.0 Å². The third-order valence-electron chi connectivity index (χ3n) is 5.32. The van der Waals surface area contributed by atoms with Crippen molar-refractivity contribution in [1.82, 2.24) is 15.5 Å². The highest BCUT2D eigenvalue weighted by Gasteiger charge is 2.31. The maximum atomic E-state index is 12.6. The van der Waals surface area contributed by atoms with Crippen molar-refractivity contribution in [2.24, 2.45) is 0 Å². The first kappa shape index (κ1) is 23.8. The smallest absolute Gasteiger partial charge is 0.337 e. The molecule has 10 heteroatoms. The van der Waals surface area contributed by atoms with E-state index in [9.17, 15) is 9.59 Å².